The zero-order chi connectivity index (χ0) is 12.8. The van der Waals surface area contributed by atoms with E-state index in [9.17, 15) is 4.79 Å². The second-order valence-corrected chi connectivity index (χ2v) is 4.75. The summed E-state index contributed by atoms with van der Waals surface area (Å²) in [4.78, 5) is 11.9. The number of benzene rings is 1. The van der Waals surface area contributed by atoms with Gasteiger partial charge >= 0.3 is 0 Å². The van der Waals surface area contributed by atoms with Crippen LogP contribution >= 0.6 is 0 Å². The molecule has 1 atom stereocenters. The number of hydrogen-bond acceptors (Lipinski definition) is 2. The number of aryl methyl sites for hydroxylation is 2. The number of amides is 1. The van der Waals surface area contributed by atoms with Crippen molar-refractivity contribution in [3.8, 4) is 0 Å². The highest BCUT2D eigenvalue weighted by atomic mass is 16.1. The lowest BCUT2D eigenvalue weighted by molar-refractivity contribution is 0.0948. The van der Waals surface area contributed by atoms with Gasteiger partial charge in [-0.05, 0) is 45.5 Å². The van der Waals surface area contributed by atoms with E-state index >= 15 is 0 Å². The first-order chi connectivity index (χ1) is 8.02. The second-order valence-electron chi connectivity index (χ2n) is 4.75. The Kier molecular flexibility index (Phi) is 5.16. The van der Waals surface area contributed by atoms with Gasteiger partial charge < -0.3 is 10.6 Å². The average Bonchev–Trinajstić information content (AvgIpc) is 2.25. The lowest BCUT2D eigenvalue weighted by Gasteiger charge is -2.12. The third kappa shape index (κ3) is 4.57. The first-order valence-corrected chi connectivity index (χ1v) is 6.04. The van der Waals surface area contributed by atoms with Gasteiger partial charge in [0, 0.05) is 12.1 Å². The molecule has 0 aliphatic heterocycles. The molecule has 1 rings (SSSR count). The summed E-state index contributed by atoms with van der Waals surface area (Å²) >= 11 is 0. The van der Waals surface area contributed by atoms with Gasteiger partial charge in [-0.3, -0.25) is 4.79 Å². The van der Waals surface area contributed by atoms with Crippen molar-refractivity contribution in [1.29, 1.82) is 0 Å². The molecule has 0 aliphatic rings. The summed E-state index contributed by atoms with van der Waals surface area (Å²) in [5, 5.41) is 6.06. The van der Waals surface area contributed by atoms with Crippen LogP contribution in [0.2, 0.25) is 0 Å². The minimum absolute atomic E-state index is 0.0137. The summed E-state index contributed by atoms with van der Waals surface area (Å²) in [5.74, 6) is 0.453. The smallest absolute Gasteiger partial charge is 0.251 e. The molecule has 1 unspecified atom stereocenters. The van der Waals surface area contributed by atoms with Crippen molar-refractivity contribution in [2.24, 2.45) is 5.92 Å². The minimum Gasteiger partial charge on any atom is -0.352 e. The maximum atomic E-state index is 11.9. The van der Waals surface area contributed by atoms with Crippen LogP contribution in [0.25, 0.3) is 0 Å². The van der Waals surface area contributed by atoms with Crippen LogP contribution in [0.5, 0.6) is 0 Å². The van der Waals surface area contributed by atoms with Crippen molar-refractivity contribution in [1.82, 2.24) is 10.6 Å². The van der Waals surface area contributed by atoms with Crippen LogP contribution in [0.3, 0.4) is 0 Å². The molecule has 0 spiro atoms. The summed E-state index contributed by atoms with van der Waals surface area (Å²) in [6.45, 7) is 7.73. The predicted octanol–water partition coefficient (Wildman–Crippen LogP) is 1.89. The molecule has 3 nitrogen and oxygen atoms in total. The highest BCUT2D eigenvalue weighted by molar-refractivity contribution is 5.94. The summed E-state index contributed by atoms with van der Waals surface area (Å²) in [6.07, 6.45) is 0. The molecule has 0 saturated carbocycles. The van der Waals surface area contributed by atoms with Crippen molar-refractivity contribution in [3.05, 3.63) is 34.9 Å². The monoisotopic (exact) mass is 234 g/mol. The molecule has 3 heteroatoms. The van der Waals surface area contributed by atoms with Crippen LogP contribution in [-0.4, -0.2) is 26.0 Å². The zero-order valence-electron chi connectivity index (χ0n) is 11.1. The Balaban J connectivity index is 2.58. The van der Waals surface area contributed by atoms with E-state index in [1.807, 2.05) is 33.0 Å². The molecule has 0 radical (unpaired) electrons. The standard InChI is InChI=1S/C14H22N2O/c1-10-5-11(2)7-13(6-10)14(17)16-9-12(3)8-15-4/h5-7,12,15H,8-9H2,1-4H3,(H,16,17). The van der Waals surface area contributed by atoms with Crippen molar-refractivity contribution in [2.75, 3.05) is 20.1 Å². The van der Waals surface area contributed by atoms with Gasteiger partial charge in [0.05, 0.1) is 0 Å². The largest absolute Gasteiger partial charge is 0.352 e. The van der Waals surface area contributed by atoms with Crippen molar-refractivity contribution in [3.63, 3.8) is 0 Å². The predicted molar refractivity (Wildman–Crippen MR) is 71.3 cm³/mol. The van der Waals surface area contributed by atoms with Gasteiger partial charge in [0.1, 0.15) is 0 Å². The Morgan fingerprint density at radius 2 is 1.76 bits per heavy atom. The van der Waals surface area contributed by atoms with Gasteiger partial charge in [0.2, 0.25) is 0 Å². The van der Waals surface area contributed by atoms with E-state index < -0.39 is 0 Å². The summed E-state index contributed by atoms with van der Waals surface area (Å²) in [5.41, 5.74) is 3.00. The topological polar surface area (TPSA) is 41.1 Å². The number of nitrogens with one attached hydrogen (secondary N) is 2. The Bertz CT molecular complexity index is 368. The van der Waals surface area contributed by atoms with Crippen molar-refractivity contribution >= 4 is 5.91 Å². The third-order valence-corrected chi connectivity index (χ3v) is 2.65. The van der Waals surface area contributed by atoms with E-state index in [0.29, 0.717) is 12.5 Å². The fourth-order valence-electron chi connectivity index (χ4n) is 1.90. The lowest BCUT2D eigenvalue weighted by Crippen LogP contribution is -2.32. The molecule has 0 saturated heterocycles. The summed E-state index contributed by atoms with van der Waals surface area (Å²) in [7, 11) is 1.92. The first-order valence-electron chi connectivity index (χ1n) is 6.04. The minimum atomic E-state index is 0.0137. The molecule has 17 heavy (non-hydrogen) atoms. The van der Waals surface area contributed by atoms with Crippen LogP contribution in [0.15, 0.2) is 18.2 Å². The van der Waals surface area contributed by atoms with Crippen molar-refractivity contribution in [2.45, 2.75) is 20.8 Å². The molecule has 0 aromatic heterocycles. The van der Waals surface area contributed by atoms with Crippen molar-refractivity contribution < 1.29 is 4.79 Å². The first kappa shape index (κ1) is 13.7. The quantitative estimate of drug-likeness (QED) is 0.817. The molecule has 0 bridgehead atoms. The molecular weight excluding hydrogens is 212 g/mol. The number of hydrogen-bond donors (Lipinski definition) is 2. The van der Waals surface area contributed by atoms with Gasteiger partial charge in [0.15, 0.2) is 0 Å². The van der Waals surface area contributed by atoms with Crippen LogP contribution in [0, 0.1) is 19.8 Å². The van der Waals surface area contributed by atoms with Crippen LogP contribution in [0.1, 0.15) is 28.4 Å². The number of carbonyl (C=O) groups excluding carboxylic acids is 1. The van der Waals surface area contributed by atoms with Crippen LogP contribution < -0.4 is 10.6 Å². The molecule has 0 aliphatic carbocycles. The SMILES string of the molecule is CNCC(C)CNC(=O)c1cc(C)cc(C)c1. The maximum Gasteiger partial charge on any atom is 0.251 e. The molecule has 1 amide bonds. The normalized spacial score (nSPS) is 12.2. The van der Waals surface area contributed by atoms with Gasteiger partial charge in [-0.1, -0.05) is 24.1 Å². The summed E-state index contributed by atoms with van der Waals surface area (Å²) < 4.78 is 0. The average molecular weight is 234 g/mol. The maximum absolute atomic E-state index is 11.9. The van der Waals surface area contributed by atoms with Crippen LogP contribution in [0.4, 0.5) is 0 Å². The highest BCUT2D eigenvalue weighted by Crippen LogP contribution is 2.08. The molecule has 1 aromatic rings. The van der Waals surface area contributed by atoms with E-state index in [2.05, 4.69) is 23.6 Å². The highest BCUT2D eigenvalue weighted by Gasteiger charge is 2.08. The molecular formula is C14H22N2O. The van der Waals surface area contributed by atoms with Gasteiger partial charge in [-0.15, -0.1) is 0 Å². The third-order valence-electron chi connectivity index (χ3n) is 2.65. The Morgan fingerprint density at radius 3 is 2.29 bits per heavy atom. The van der Waals surface area contributed by atoms with Gasteiger partial charge in [-0.2, -0.15) is 0 Å². The molecule has 2 N–H and O–H groups in total. The second kappa shape index (κ2) is 6.40. The van der Waals surface area contributed by atoms with Gasteiger partial charge in [0.25, 0.3) is 5.91 Å². The zero-order valence-corrected chi connectivity index (χ0v) is 11.1. The number of rotatable bonds is 5. The van der Waals surface area contributed by atoms with Crippen LogP contribution in [-0.2, 0) is 0 Å². The van der Waals surface area contributed by atoms with E-state index in [0.717, 1.165) is 23.2 Å². The Morgan fingerprint density at radius 1 is 1.18 bits per heavy atom. The molecule has 94 valence electrons. The van der Waals surface area contributed by atoms with Gasteiger partial charge in [-0.25, -0.2) is 0 Å². The van der Waals surface area contributed by atoms with E-state index in [-0.39, 0.29) is 5.91 Å². The number of carbonyl (C=O) groups is 1. The lowest BCUT2D eigenvalue weighted by atomic mass is 10.1. The Hall–Kier alpha value is -1.35. The van der Waals surface area contributed by atoms with E-state index in [4.69, 9.17) is 0 Å². The molecule has 0 heterocycles. The fraction of sp³-hybridized carbons (Fsp3) is 0.500. The van der Waals surface area contributed by atoms with E-state index in [1.165, 1.54) is 0 Å². The fourth-order valence-corrected chi connectivity index (χ4v) is 1.90. The van der Waals surface area contributed by atoms with E-state index in [1.54, 1.807) is 0 Å². The molecule has 1 aromatic carbocycles. The summed E-state index contributed by atoms with van der Waals surface area (Å²) in [6, 6.07) is 5.91. The Labute approximate surface area is 104 Å². The molecule has 0 fully saturated rings.